The Bertz CT molecular complexity index is 904. The molecule has 0 fully saturated rings. The SMILES string of the molecule is COc1cc(C(=O)NC(=S)Nc2cc(C(=O)O)ccc2C)cc(OC)c1OC. The third-order valence-electron chi connectivity index (χ3n) is 3.89. The number of carboxylic acid groups (broad SMARTS) is 1. The molecule has 9 heteroatoms. The van der Waals surface area contributed by atoms with Crippen molar-refractivity contribution < 1.29 is 28.9 Å². The molecule has 2 aromatic rings. The highest BCUT2D eigenvalue weighted by molar-refractivity contribution is 7.80. The topological polar surface area (TPSA) is 106 Å². The summed E-state index contributed by atoms with van der Waals surface area (Å²) in [6.45, 7) is 1.79. The number of carbonyl (C=O) groups is 2. The zero-order chi connectivity index (χ0) is 20.8. The van der Waals surface area contributed by atoms with Crippen molar-refractivity contribution in [3.8, 4) is 17.2 Å². The summed E-state index contributed by atoms with van der Waals surface area (Å²) in [4.78, 5) is 23.7. The maximum absolute atomic E-state index is 12.6. The fraction of sp³-hybridized carbons (Fsp3) is 0.211. The van der Waals surface area contributed by atoms with Gasteiger partial charge in [0.1, 0.15) is 0 Å². The first-order valence-electron chi connectivity index (χ1n) is 8.07. The lowest BCUT2D eigenvalue weighted by atomic mass is 10.1. The fourth-order valence-corrected chi connectivity index (χ4v) is 2.63. The van der Waals surface area contributed by atoms with E-state index in [1.807, 2.05) is 0 Å². The predicted molar refractivity (Wildman–Crippen MR) is 108 cm³/mol. The number of ether oxygens (including phenoxy) is 3. The van der Waals surface area contributed by atoms with E-state index >= 15 is 0 Å². The van der Waals surface area contributed by atoms with Crippen molar-refractivity contribution in [3.63, 3.8) is 0 Å². The average Bonchev–Trinajstić information content (AvgIpc) is 2.67. The Hall–Kier alpha value is -3.33. The van der Waals surface area contributed by atoms with Gasteiger partial charge in [-0.1, -0.05) is 6.07 Å². The fourth-order valence-electron chi connectivity index (χ4n) is 2.43. The number of aryl methyl sites for hydroxylation is 1. The first kappa shape index (κ1) is 21.0. The smallest absolute Gasteiger partial charge is 0.335 e. The Morgan fingerprint density at radius 2 is 1.57 bits per heavy atom. The summed E-state index contributed by atoms with van der Waals surface area (Å²) in [5, 5.41) is 14.5. The molecule has 0 aromatic heterocycles. The lowest BCUT2D eigenvalue weighted by molar-refractivity contribution is 0.0696. The van der Waals surface area contributed by atoms with Gasteiger partial charge in [0.2, 0.25) is 5.75 Å². The highest BCUT2D eigenvalue weighted by Gasteiger charge is 2.18. The minimum Gasteiger partial charge on any atom is -0.493 e. The Morgan fingerprint density at radius 1 is 0.964 bits per heavy atom. The largest absolute Gasteiger partial charge is 0.493 e. The number of thiocarbonyl (C=S) groups is 1. The molecule has 148 valence electrons. The number of carbonyl (C=O) groups excluding carboxylic acids is 1. The number of carboxylic acids is 1. The van der Waals surface area contributed by atoms with Crippen LogP contribution < -0.4 is 24.8 Å². The van der Waals surface area contributed by atoms with E-state index in [1.165, 1.54) is 45.6 Å². The van der Waals surface area contributed by atoms with Crippen molar-refractivity contribution in [2.75, 3.05) is 26.6 Å². The standard InChI is InChI=1S/C19H20N2O6S/c1-10-5-6-11(18(23)24)7-13(10)20-19(28)21-17(22)12-8-14(25-2)16(27-4)15(9-12)26-3/h5-9H,1-4H3,(H,23,24)(H2,20,21,22,28). The molecule has 0 saturated carbocycles. The van der Waals surface area contributed by atoms with Crippen LogP contribution in [0.4, 0.5) is 5.69 Å². The van der Waals surface area contributed by atoms with Crippen LogP contribution in [0.3, 0.4) is 0 Å². The van der Waals surface area contributed by atoms with E-state index in [4.69, 9.17) is 31.5 Å². The van der Waals surface area contributed by atoms with Crippen LogP contribution >= 0.6 is 12.2 Å². The molecular weight excluding hydrogens is 384 g/mol. The van der Waals surface area contributed by atoms with Gasteiger partial charge in [-0.2, -0.15) is 0 Å². The normalized spacial score (nSPS) is 10.0. The van der Waals surface area contributed by atoms with Crippen LogP contribution in [0.2, 0.25) is 0 Å². The van der Waals surface area contributed by atoms with Crippen molar-refractivity contribution in [1.29, 1.82) is 0 Å². The molecule has 0 saturated heterocycles. The zero-order valence-corrected chi connectivity index (χ0v) is 16.6. The minimum absolute atomic E-state index is 0.0180. The molecule has 0 heterocycles. The molecule has 2 aromatic carbocycles. The van der Waals surface area contributed by atoms with Gasteiger partial charge in [-0.15, -0.1) is 0 Å². The van der Waals surface area contributed by atoms with Gasteiger partial charge < -0.3 is 24.6 Å². The van der Waals surface area contributed by atoms with Crippen molar-refractivity contribution in [2.45, 2.75) is 6.92 Å². The molecular formula is C19H20N2O6S. The van der Waals surface area contributed by atoms with Crippen LogP contribution in [0.1, 0.15) is 26.3 Å². The summed E-state index contributed by atoms with van der Waals surface area (Å²) < 4.78 is 15.7. The third kappa shape index (κ3) is 4.68. The molecule has 0 unspecified atom stereocenters. The lowest BCUT2D eigenvalue weighted by Crippen LogP contribution is -2.34. The van der Waals surface area contributed by atoms with Crippen molar-refractivity contribution >= 4 is 34.9 Å². The van der Waals surface area contributed by atoms with Crippen LogP contribution in [0.25, 0.3) is 0 Å². The number of anilines is 1. The van der Waals surface area contributed by atoms with Gasteiger partial charge in [-0.05, 0) is 49.0 Å². The Labute approximate surface area is 167 Å². The Morgan fingerprint density at radius 3 is 2.07 bits per heavy atom. The molecule has 0 aliphatic heterocycles. The molecule has 3 N–H and O–H groups in total. The quantitative estimate of drug-likeness (QED) is 0.631. The Balaban J connectivity index is 2.20. The van der Waals surface area contributed by atoms with Crippen LogP contribution in [0.15, 0.2) is 30.3 Å². The van der Waals surface area contributed by atoms with E-state index in [0.29, 0.717) is 22.9 Å². The van der Waals surface area contributed by atoms with Gasteiger partial charge in [0.25, 0.3) is 5.91 Å². The van der Waals surface area contributed by atoms with Gasteiger partial charge in [0.15, 0.2) is 16.6 Å². The maximum atomic E-state index is 12.6. The van der Waals surface area contributed by atoms with E-state index in [1.54, 1.807) is 13.0 Å². The highest BCUT2D eigenvalue weighted by atomic mass is 32.1. The van der Waals surface area contributed by atoms with E-state index in [0.717, 1.165) is 5.56 Å². The van der Waals surface area contributed by atoms with Gasteiger partial charge in [-0.25, -0.2) is 4.79 Å². The second kappa shape index (κ2) is 9.05. The number of benzene rings is 2. The Kier molecular flexibility index (Phi) is 6.78. The molecule has 8 nitrogen and oxygen atoms in total. The first-order chi connectivity index (χ1) is 13.3. The van der Waals surface area contributed by atoms with Crippen LogP contribution in [0.5, 0.6) is 17.2 Å². The van der Waals surface area contributed by atoms with Crippen molar-refractivity contribution in [2.24, 2.45) is 0 Å². The maximum Gasteiger partial charge on any atom is 0.335 e. The van der Waals surface area contributed by atoms with Gasteiger partial charge in [-0.3, -0.25) is 10.1 Å². The molecule has 0 atom stereocenters. The van der Waals surface area contributed by atoms with Gasteiger partial charge in [0.05, 0.1) is 26.9 Å². The van der Waals surface area contributed by atoms with Crippen LogP contribution in [0, 0.1) is 6.92 Å². The molecule has 28 heavy (non-hydrogen) atoms. The number of methoxy groups -OCH3 is 3. The lowest BCUT2D eigenvalue weighted by Gasteiger charge is -2.15. The van der Waals surface area contributed by atoms with Crippen molar-refractivity contribution in [1.82, 2.24) is 5.32 Å². The molecule has 1 amide bonds. The molecule has 0 aliphatic carbocycles. The number of rotatable bonds is 6. The number of amides is 1. The first-order valence-corrected chi connectivity index (χ1v) is 8.47. The highest BCUT2D eigenvalue weighted by Crippen LogP contribution is 2.38. The number of hydrogen-bond donors (Lipinski definition) is 3. The second-order valence-corrected chi connectivity index (χ2v) is 6.07. The number of hydrogen-bond acceptors (Lipinski definition) is 6. The minimum atomic E-state index is -1.06. The summed E-state index contributed by atoms with van der Waals surface area (Å²) >= 11 is 5.17. The summed E-state index contributed by atoms with van der Waals surface area (Å²) in [6, 6.07) is 7.57. The van der Waals surface area contributed by atoms with Crippen molar-refractivity contribution in [3.05, 3.63) is 47.0 Å². The molecule has 0 radical (unpaired) electrons. The summed E-state index contributed by atoms with van der Waals surface area (Å²) in [6.07, 6.45) is 0. The van der Waals surface area contributed by atoms with E-state index < -0.39 is 11.9 Å². The molecule has 0 spiro atoms. The van der Waals surface area contributed by atoms with Gasteiger partial charge in [0, 0.05) is 11.3 Å². The molecule has 0 bridgehead atoms. The summed E-state index contributed by atoms with van der Waals surface area (Å²) in [5.74, 6) is -0.533. The molecule has 2 rings (SSSR count). The monoisotopic (exact) mass is 404 g/mol. The third-order valence-corrected chi connectivity index (χ3v) is 4.09. The van der Waals surface area contributed by atoms with E-state index in [9.17, 15) is 9.59 Å². The summed E-state index contributed by atoms with van der Waals surface area (Å²) in [5.41, 5.74) is 1.60. The zero-order valence-electron chi connectivity index (χ0n) is 15.8. The number of nitrogens with one attached hydrogen (secondary N) is 2. The summed E-state index contributed by atoms with van der Waals surface area (Å²) in [7, 11) is 4.36. The number of aromatic carboxylic acids is 1. The van der Waals surface area contributed by atoms with E-state index in [-0.39, 0.29) is 16.2 Å². The van der Waals surface area contributed by atoms with E-state index in [2.05, 4.69) is 10.6 Å². The average molecular weight is 404 g/mol. The second-order valence-electron chi connectivity index (χ2n) is 5.66. The molecule has 0 aliphatic rings. The predicted octanol–water partition coefficient (Wildman–Crippen LogP) is 2.85. The van der Waals surface area contributed by atoms with Gasteiger partial charge >= 0.3 is 5.97 Å². The van der Waals surface area contributed by atoms with Crippen LogP contribution in [-0.4, -0.2) is 43.4 Å². The van der Waals surface area contributed by atoms with Crippen LogP contribution in [-0.2, 0) is 0 Å².